The Balaban J connectivity index is 1.92. The van der Waals surface area contributed by atoms with Gasteiger partial charge in [-0.3, -0.25) is 4.79 Å². The fraction of sp³-hybridized carbons (Fsp3) is 0.364. The SMILES string of the molecule is CCNC(=NCc1ccc(OC)cc1OC)NCCC(=O)Nc1cccc(Cl)c1C. The maximum absolute atomic E-state index is 12.3. The molecule has 0 bridgehead atoms. The van der Waals surface area contributed by atoms with Crippen LogP contribution in [0, 0.1) is 6.92 Å². The standard InChI is InChI=1S/C22H29ClN4O3/c1-5-24-22(26-14-16-9-10-17(29-3)13-20(16)30-4)25-12-11-21(28)27-19-8-6-7-18(23)15(19)2/h6-10,13H,5,11-12,14H2,1-4H3,(H,27,28)(H2,24,25,26). The number of nitrogens with one attached hydrogen (secondary N) is 3. The number of hydrogen-bond donors (Lipinski definition) is 3. The van der Waals surface area contributed by atoms with Crippen molar-refractivity contribution in [3.8, 4) is 11.5 Å². The van der Waals surface area contributed by atoms with Crippen molar-refractivity contribution in [1.82, 2.24) is 10.6 Å². The number of anilines is 1. The Bertz CT molecular complexity index is 887. The summed E-state index contributed by atoms with van der Waals surface area (Å²) in [5.74, 6) is 1.97. The minimum absolute atomic E-state index is 0.0967. The lowest BCUT2D eigenvalue weighted by molar-refractivity contribution is -0.116. The Morgan fingerprint density at radius 2 is 1.93 bits per heavy atom. The van der Waals surface area contributed by atoms with Crippen LogP contribution in [0.1, 0.15) is 24.5 Å². The van der Waals surface area contributed by atoms with E-state index in [0.29, 0.717) is 42.8 Å². The van der Waals surface area contributed by atoms with Crippen LogP contribution in [0.15, 0.2) is 41.4 Å². The van der Waals surface area contributed by atoms with Gasteiger partial charge in [0.2, 0.25) is 5.91 Å². The summed E-state index contributed by atoms with van der Waals surface area (Å²) in [5.41, 5.74) is 2.51. The highest BCUT2D eigenvalue weighted by Crippen LogP contribution is 2.25. The van der Waals surface area contributed by atoms with E-state index >= 15 is 0 Å². The largest absolute Gasteiger partial charge is 0.497 e. The van der Waals surface area contributed by atoms with Crippen molar-refractivity contribution >= 4 is 29.2 Å². The Kier molecular flexibility index (Phi) is 9.28. The lowest BCUT2D eigenvalue weighted by Gasteiger charge is -2.13. The van der Waals surface area contributed by atoms with Crippen molar-refractivity contribution in [2.75, 3.05) is 32.6 Å². The molecule has 0 aromatic heterocycles. The van der Waals surface area contributed by atoms with Crippen molar-refractivity contribution in [2.24, 2.45) is 4.99 Å². The highest BCUT2D eigenvalue weighted by molar-refractivity contribution is 6.31. The molecule has 8 heteroatoms. The molecular formula is C22H29ClN4O3. The van der Waals surface area contributed by atoms with Crippen LogP contribution in [0.25, 0.3) is 0 Å². The third-order valence-corrected chi connectivity index (χ3v) is 4.84. The highest BCUT2D eigenvalue weighted by Gasteiger charge is 2.08. The molecule has 30 heavy (non-hydrogen) atoms. The first kappa shape index (κ1) is 23.3. The van der Waals surface area contributed by atoms with Gasteiger partial charge in [-0.05, 0) is 43.7 Å². The van der Waals surface area contributed by atoms with Crippen molar-refractivity contribution in [3.63, 3.8) is 0 Å². The molecule has 0 spiro atoms. The van der Waals surface area contributed by atoms with Gasteiger partial charge in [-0.25, -0.2) is 4.99 Å². The van der Waals surface area contributed by atoms with Crippen molar-refractivity contribution in [1.29, 1.82) is 0 Å². The van der Waals surface area contributed by atoms with Gasteiger partial charge < -0.3 is 25.4 Å². The zero-order valence-corrected chi connectivity index (χ0v) is 18.6. The van der Waals surface area contributed by atoms with Crippen molar-refractivity contribution < 1.29 is 14.3 Å². The molecule has 0 saturated carbocycles. The molecule has 7 nitrogen and oxygen atoms in total. The smallest absolute Gasteiger partial charge is 0.226 e. The molecule has 0 aliphatic rings. The summed E-state index contributed by atoms with van der Waals surface area (Å²) in [7, 11) is 3.23. The molecule has 0 saturated heterocycles. The number of guanidine groups is 1. The highest BCUT2D eigenvalue weighted by atomic mass is 35.5. The first-order chi connectivity index (χ1) is 14.5. The average molecular weight is 433 g/mol. The second-order valence-corrected chi connectivity index (χ2v) is 6.92. The Morgan fingerprint density at radius 1 is 1.13 bits per heavy atom. The Hall–Kier alpha value is -2.93. The number of carbonyl (C=O) groups excluding carboxylic acids is 1. The number of nitrogens with zero attached hydrogens (tertiary/aromatic N) is 1. The average Bonchev–Trinajstić information content (AvgIpc) is 2.75. The van der Waals surface area contributed by atoms with Crippen LogP contribution in [0.2, 0.25) is 5.02 Å². The van der Waals surface area contributed by atoms with Gasteiger partial charge in [-0.2, -0.15) is 0 Å². The van der Waals surface area contributed by atoms with Crippen LogP contribution in [0.5, 0.6) is 11.5 Å². The number of halogens is 1. The molecule has 2 rings (SSSR count). The van der Waals surface area contributed by atoms with Gasteiger partial charge in [0, 0.05) is 41.9 Å². The molecule has 2 aromatic carbocycles. The number of aliphatic imine (C=N–C) groups is 1. The van der Waals surface area contributed by atoms with Gasteiger partial charge >= 0.3 is 0 Å². The van der Waals surface area contributed by atoms with Crippen molar-refractivity contribution in [2.45, 2.75) is 26.8 Å². The van der Waals surface area contributed by atoms with Crippen LogP contribution in [0.4, 0.5) is 5.69 Å². The van der Waals surface area contributed by atoms with Gasteiger partial charge in [0.15, 0.2) is 5.96 Å². The van der Waals surface area contributed by atoms with Gasteiger partial charge in [0.25, 0.3) is 0 Å². The van der Waals surface area contributed by atoms with Crippen molar-refractivity contribution in [3.05, 3.63) is 52.5 Å². The second kappa shape index (κ2) is 11.9. The summed E-state index contributed by atoms with van der Waals surface area (Å²) in [5, 5.41) is 9.87. The fourth-order valence-corrected chi connectivity index (χ4v) is 2.91. The minimum atomic E-state index is -0.0967. The first-order valence-corrected chi connectivity index (χ1v) is 10.1. The lowest BCUT2D eigenvalue weighted by atomic mass is 10.2. The molecule has 0 unspecified atom stereocenters. The molecule has 2 aromatic rings. The predicted octanol–water partition coefficient (Wildman–Crippen LogP) is 3.75. The summed E-state index contributed by atoms with van der Waals surface area (Å²) in [4.78, 5) is 16.8. The summed E-state index contributed by atoms with van der Waals surface area (Å²) >= 11 is 6.10. The van der Waals surface area contributed by atoms with Crippen LogP contribution in [0.3, 0.4) is 0 Å². The monoisotopic (exact) mass is 432 g/mol. The summed E-state index contributed by atoms with van der Waals surface area (Å²) in [6.45, 7) is 5.44. The number of rotatable bonds is 9. The molecule has 0 fully saturated rings. The van der Waals surface area contributed by atoms with E-state index < -0.39 is 0 Å². The molecule has 0 aliphatic heterocycles. The lowest BCUT2D eigenvalue weighted by Crippen LogP contribution is -2.38. The van der Waals surface area contributed by atoms with E-state index in [2.05, 4.69) is 20.9 Å². The van der Waals surface area contributed by atoms with Crippen LogP contribution in [-0.2, 0) is 11.3 Å². The predicted molar refractivity (Wildman–Crippen MR) is 122 cm³/mol. The quantitative estimate of drug-likeness (QED) is 0.415. The molecule has 162 valence electrons. The second-order valence-electron chi connectivity index (χ2n) is 6.51. The number of methoxy groups -OCH3 is 2. The molecule has 3 N–H and O–H groups in total. The van der Waals surface area contributed by atoms with E-state index in [0.717, 1.165) is 22.6 Å². The summed E-state index contributed by atoms with van der Waals surface area (Å²) in [6, 6.07) is 11.1. The number of benzene rings is 2. The topological polar surface area (TPSA) is 84.0 Å². The van der Waals surface area contributed by atoms with Crippen LogP contribution < -0.4 is 25.4 Å². The Morgan fingerprint density at radius 3 is 2.63 bits per heavy atom. The van der Waals surface area contributed by atoms with Gasteiger partial charge in [0.1, 0.15) is 11.5 Å². The molecule has 0 radical (unpaired) electrons. The van der Waals surface area contributed by atoms with E-state index in [1.165, 1.54) is 0 Å². The van der Waals surface area contributed by atoms with E-state index in [1.807, 2.05) is 44.2 Å². The van der Waals surface area contributed by atoms with E-state index in [9.17, 15) is 4.79 Å². The number of carbonyl (C=O) groups is 1. The number of amides is 1. The number of hydrogen-bond acceptors (Lipinski definition) is 4. The van der Waals surface area contributed by atoms with E-state index in [1.54, 1.807) is 20.3 Å². The minimum Gasteiger partial charge on any atom is -0.497 e. The van der Waals surface area contributed by atoms with Crippen LogP contribution in [-0.4, -0.2) is 39.2 Å². The maximum Gasteiger partial charge on any atom is 0.226 e. The zero-order valence-electron chi connectivity index (χ0n) is 17.8. The zero-order chi connectivity index (χ0) is 21.9. The summed E-state index contributed by atoms with van der Waals surface area (Å²) < 4.78 is 10.6. The van der Waals surface area contributed by atoms with Gasteiger partial charge in [-0.1, -0.05) is 17.7 Å². The van der Waals surface area contributed by atoms with E-state index in [4.69, 9.17) is 21.1 Å². The third-order valence-electron chi connectivity index (χ3n) is 4.43. The first-order valence-electron chi connectivity index (χ1n) is 9.76. The van der Waals surface area contributed by atoms with E-state index in [-0.39, 0.29) is 5.91 Å². The third kappa shape index (κ3) is 6.84. The normalized spacial score (nSPS) is 11.0. The van der Waals surface area contributed by atoms with Gasteiger partial charge in [0.05, 0.1) is 20.8 Å². The van der Waals surface area contributed by atoms with Gasteiger partial charge in [-0.15, -0.1) is 0 Å². The van der Waals surface area contributed by atoms with Crippen LogP contribution >= 0.6 is 11.6 Å². The maximum atomic E-state index is 12.3. The Labute approximate surface area is 182 Å². The molecule has 1 amide bonds. The molecule has 0 aliphatic carbocycles. The molecule has 0 atom stereocenters. The molecule has 0 heterocycles. The number of ether oxygens (including phenoxy) is 2. The molecular weight excluding hydrogens is 404 g/mol. The summed E-state index contributed by atoms with van der Waals surface area (Å²) in [6.07, 6.45) is 0.294. The fourth-order valence-electron chi connectivity index (χ4n) is 2.74.